The second-order valence-corrected chi connectivity index (χ2v) is 3.83. The van der Waals surface area contributed by atoms with Gasteiger partial charge in [-0.3, -0.25) is 0 Å². The molecule has 0 saturated carbocycles. The Kier molecular flexibility index (Phi) is 4.21. The third kappa shape index (κ3) is 2.61. The number of halogens is 3. The van der Waals surface area contributed by atoms with Crippen LogP contribution in [0, 0.1) is 3.57 Å². The second kappa shape index (κ2) is 4.99. The number of alkyl halides is 2. The van der Waals surface area contributed by atoms with Crippen LogP contribution in [0.15, 0.2) is 18.2 Å². The van der Waals surface area contributed by atoms with E-state index in [1.807, 2.05) is 0 Å². The van der Waals surface area contributed by atoms with Crippen molar-refractivity contribution in [1.29, 1.82) is 0 Å². The number of benzene rings is 1. The standard InChI is InChI=1S/C9H9F2IO2/c1-14-9(13)5-2-3-6(8(10)11)7(12)4-5/h2-4,8-9,13H,1H3. The summed E-state index contributed by atoms with van der Waals surface area (Å²) >= 11 is 1.80. The quantitative estimate of drug-likeness (QED) is 0.687. The van der Waals surface area contributed by atoms with Gasteiger partial charge in [0.2, 0.25) is 0 Å². The number of hydrogen-bond acceptors (Lipinski definition) is 2. The average molecular weight is 314 g/mol. The lowest BCUT2D eigenvalue weighted by Crippen LogP contribution is -2.01. The third-order valence-corrected chi connectivity index (χ3v) is 2.70. The molecule has 78 valence electrons. The highest BCUT2D eigenvalue weighted by atomic mass is 127. The van der Waals surface area contributed by atoms with Crippen molar-refractivity contribution in [2.45, 2.75) is 12.7 Å². The largest absolute Gasteiger partial charge is 0.364 e. The number of rotatable bonds is 3. The van der Waals surface area contributed by atoms with Gasteiger partial charge in [-0.15, -0.1) is 0 Å². The predicted octanol–water partition coefficient (Wildman–Crippen LogP) is 2.87. The summed E-state index contributed by atoms with van der Waals surface area (Å²) in [6.07, 6.45) is -3.55. The lowest BCUT2D eigenvalue weighted by Gasteiger charge is -2.10. The van der Waals surface area contributed by atoms with Crippen molar-refractivity contribution in [2.24, 2.45) is 0 Å². The van der Waals surface area contributed by atoms with Crippen LogP contribution in [0.1, 0.15) is 23.8 Å². The molecule has 0 saturated heterocycles. The van der Waals surface area contributed by atoms with Gasteiger partial charge in [0.25, 0.3) is 6.43 Å². The third-order valence-electron chi connectivity index (χ3n) is 1.77. The van der Waals surface area contributed by atoms with Crippen molar-refractivity contribution < 1.29 is 18.6 Å². The summed E-state index contributed by atoms with van der Waals surface area (Å²) in [7, 11) is 1.35. The number of aliphatic hydroxyl groups is 1. The number of ether oxygens (including phenoxy) is 1. The molecule has 0 aliphatic heterocycles. The Bertz CT molecular complexity index is 318. The Balaban J connectivity index is 3.00. The lowest BCUT2D eigenvalue weighted by atomic mass is 10.1. The summed E-state index contributed by atoms with van der Waals surface area (Å²) in [6, 6.07) is 4.21. The van der Waals surface area contributed by atoms with Gasteiger partial charge >= 0.3 is 0 Å². The Morgan fingerprint density at radius 3 is 2.50 bits per heavy atom. The van der Waals surface area contributed by atoms with Gasteiger partial charge in [-0.05, 0) is 28.7 Å². The maximum absolute atomic E-state index is 12.3. The molecule has 0 amide bonds. The van der Waals surface area contributed by atoms with E-state index in [0.717, 1.165) is 0 Å². The summed E-state index contributed by atoms with van der Waals surface area (Å²) in [5, 5.41) is 9.27. The van der Waals surface area contributed by atoms with Gasteiger partial charge in [0, 0.05) is 21.8 Å². The zero-order valence-corrected chi connectivity index (χ0v) is 9.53. The van der Waals surface area contributed by atoms with E-state index in [1.165, 1.54) is 25.3 Å². The van der Waals surface area contributed by atoms with E-state index in [-0.39, 0.29) is 5.56 Å². The molecule has 0 aliphatic rings. The van der Waals surface area contributed by atoms with Crippen LogP contribution in [0.3, 0.4) is 0 Å². The fraction of sp³-hybridized carbons (Fsp3) is 0.333. The van der Waals surface area contributed by atoms with Crippen LogP contribution < -0.4 is 0 Å². The number of methoxy groups -OCH3 is 1. The molecule has 0 fully saturated rings. The second-order valence-electron chi connectivity index (χ2n) is 2.67. The molecule has 1 aromatic rings. The highest BCUT2D eigenvalue weighted by molar-refractivity contribution is 14.1. The number of hydrogen-bond donors (Lipinski definition) is 1. The van der Waals surface area contributed by atoms with Crippen LogP contribution in [-0.4, -0.2) is 12.2 Å². The van der Waals surface area contributed by atoms with Crippen molar-refractivity contribution >= 4 is 22.6 Å². The highest BCUT2D eigenvalue weighted by Crippen LogP contribution is 2.27. The monoisotopic (exact) mass is 314 g/mol. The normalized spacial score (nSPS) is 13.3. The maximum Gasteiger partial charge on any atom is 0.264 e. The van der Waals surface area contributed by atoms with Crippen LogP contribution in [0.4, 0.5) is 8.78 Å². The predicted molar refractivity (Wildman–Crippen MR) is 56.1 cm³/mol. The zero-order chi connectivity index (χ0) is 10.7. The molecule has 0 aliphatic carbocycles. The first-order chi connectivity index (χ1) is 6.56. The molecule has 1 unspecified atom stereocenters. The van der Waals surface area contributed by atoms with E-state index >= 15 is 0 Å². The molecule has 5 heteroatoms. The molecule has 1 atom stereocenters. The van der Waals surface area contributed by atoms with E-state index in [9.17, 15) is 13.9 Å². The van der Waals surface area contributed by atoms with Crippen LogP contribution >= 0.6 is 22.6 Å². The van der Waals surface area contributed by atoms with Gasteiger partial charge in [0.15, 0.2) is 6.29 Å². The fourth-order valence-electron chi connectivity index (χ4n) is 1.01. The van der Waals surface area contributed by atoms with Gasteiger partial charge in [0.1, 0.15) is 0 Å². The molecule has 1 rings (SSSR count). The van der Waals surface area contributed by atoms with Crippen molar-refractivity contribution in [3.8, 4) is 0 Å². The highest BCUT2D eigenvalue weighted by Gasteiger charge is 2.13. The van der Waals surface area contributed by atoms with Gasteiger partial charge < -0.3 is 9.84 Å². The van der Waals surface area contributed by atoms with Crippen LogP contribution in [0.5, 0.6) is 0 Å². The molecule has 2 nitrogen and oxygen atoms in total. The van der Waals surface area contributed by atoms with Crippen LogP contribution in [-0.2, 0) is 4.74 Å². The first-order valence-corrected chi connectivity index (χ1v) is 4.92. The lowest BCUT2D eigenvalue weighted by molar-refractivity contribution is -0.0770. The summed E-state index contributed by atoms with van der Waals surface area (Å²) in [5.41, 5.74) is 0.443. The van der Waals surface area contributed by atoms with Gasteiger partial charge in [-0.2, -0.15) is 0 Å². The van der Waals surface area contributed by atoms with E-state index in [0.29, 0.717) is 9.13 Å². The number of aliphatic hydroxyl groups excluding tert-OH is 1. The van der Waals surface area contributed by atoms with E-state index in [4.69, 9.17) is 0 Å². The summed E-state index contributed by atoms with van der Waals surface area (Å²) < 4.78 is 29.8. The van der Waals surface area contributed by atoms with Gasteiger partial charge in [-0.1, -0.05) is 12.1 Å². The van der Waals surface area contributed by atoms with Crippen molar-refractivity contribution in [2.75, 3.05) is 7.11 Å². The van der Waals surface area contributed by atoms with Crippen LogP contribution in [0.25, 0.3) is 0 Å². The summed E-state index contributed by atoms with van der Waals surface area (Å²) in [4.78, 5) is 0. The molecule has 0 radical (unpaired) electrons. The maximum atomic E-state index is 12.3. The zero-order valence-electron chi connectivity index (χ0n) is 7.38. The molecule has 14 heavy (non-hydrogen) atoms. The summed E-state index contributed by atoms with van der Waals surface area (Å²) in [5.74, 6) is 0. The Morgan fingerprint density at radius 1 is 1.43 bits per heavy atom. The smallest absolute Gasteiger partial charge is 0.264 e. The molecule has 0 heterocycles. The molecular weight excluding hydrogens is 305 g/mol. The van der Waals surface area contributed by atoms with Gasteiger partial charge in [-0.25, -0.2) is 8.78 Å². The minimum absolute atomic E-state index is 0.0300. The molecule has 0 bridgehead atoms. The van der Waals surface area contributed by atoms with Crippen molar-refractivity contribution in [3.05, 3.63) is 32.9 Å². The first-order valence-electron chi connectivity index (χ1n) is 3.84. The molecular formula is C9H9F2IO2. The Labute approximate surface area is 94.0 Å². The topological polar surface area (TPSA) is 29.5 Å². The van der Waals surface area contributed by atoms with Crippen LogP contribution in [0.2, 0.25) is 0 Å². The summed E-state index contributed by atoms with van der Waals surface area (Å²) in [6.45, 7) is 0. The molecule has 0 spiro atoms. The first kappa shape index (κ1) is 11.8. The minimum atomic E-state index is -2.49. The van der Waals surface area contributed by atoms with E-state index in [2.05, 4.69) is 4.74 Å². The average Bonchev–Trinajstić information content (AvgIpc) is 2.15. The van der Waals surface area contributed by atoms with Crippen molar-refractivity contribution in [3.63, 3.8) is 0 Å². The minimum Gasteiger partial charge on any atom is -0.364 e. The molecule has 1 N–H and O–H groups in total. The van der Waals surface area contributed by atoms with Gasteiger partial charge in [0.05, 0.1) is 0 Å². The Morgan fingerprint density at radius 2 is 2.07 bits per heavy atom. The van der Waals surface area contributed by atoms with Crippen molar-refractivity contribution in [1.82, 2.24) is 0 Å². The Hall–Kier alpha value is -0.270. The SMILES string of the molecule is COC(O)c1ccc(C(F)F)c(I)c1. The van der Waals surface area contributed by atoms with E-state index in [1.54, 1.807) is 22.6 Å². The molecule has 1 aromatic carbocycles. The van der Waals surface area contributed by atoms with E-state index < -0.39 is 12.7 Å². The fourth-order valence-corrected chi connectivity index (χ4v) is 1.78. The molecule has 0 aromatic heterocycles.